The SMILES string of the molecule is CC1CN(Cc2cc(F)cc(F)c2)CC(C)N1C(=O)c1ccc(N)cc1. The summed E-state index contributed by atoms with van der Waals surface area (Å²) in [6.07, 6.45) is 0. The van der Waals surface area contributed by atoms with Gasteiger partial charge in [-0.1, -0.05) is 0 Å². The van der Waals surface area contributed by atoms with E-state index in [-0.39, 0.29) is 18.0 Å². The summed E-state index contributed by atoms with van der Waals surface area (Å²) >= 11 is 0. The van der Waals surface area contributed by atoms with Gasteiger partial charge in [-0.2, -0.15) is 0 Å². The first-order valence-corrected chi connectivity index (χ1v) is 8.69. The number of amides is 1. The molecule has 3 rings (SSSR count). The van der Waals surface area contributed by atoms with Gasteiger partial charge in [-0.15, -0.1) is 0 Å². The molecule has 1 heterocycles. The minimum absolute atomic E-state index is 0.0118. The Balaban J connectivity index is 1.70. The molecule has 0 radical (unpaired) electrons. The molecular formula is C20H23F2N3O. The Bertz CT molecular complexity index is 762. The molecule has 1 fully saturated rings. The maximum Gasteiger partial charge on any atom is 0.254 e. The second-order valence-corrected chi connectivity index (χ2v) is 7.00. The standard InChI is InChI=1S/C20H23F2N3O/c1-13-10-24(12-15-7-17(21)9-18(22)8-15)11-14(2)25(13)20(26)16-3-5-19(23)6-4-16/h3-9,13-14H,10-12,23H2,1-2H3. The lowest BCUT2D eigenvalue weighted by Gasteiger charge is -2.44. The van der Waals surface area contributed by atoms with Gasteiger partial charge < -0.3 is 10.6 Å². The summed E-state index contributed by atoms with van der Waals surface area (Å²) in [7, 11) is 0. The maximum atomic E-state index is 13.4. The van der Waals surface area contributed by atoms with E-state index in [1.165, 1.54) is 12.1 Å². The fourth-order valence-electron chi connectivity index (χ4n) is 3.70. The van der Waals surface area contributed by atoms with Crippen LogP contribution in [-0.2, 0) is 6.54 Å². The Hall–Kier alpha value is -2.47. The first-order valence-electron chi connectivity index (χ1n) is 8.69. The molecule has 2 N–H and O–H groups in total. The molecule has 0 aromatic heterocycles. The summed E-state index contributed by atoms with van der Waals surface area (Å²) < 4.78 is 26.8. The zero-order chi connectivity index (χ0) is 18.8. The molecule has 2 aromatic carbocycles. The fourth-order valence-corrected chi connectivity index (χ4v) is 3.70. The highest BCUT2D eigenvalue weighted by molar-refractivity contribution is 5.95. The van der Waals surface area contributed by atoms with E-state index >= 15 is 0 Å². The van der Waals surface area contributed by atoms with E-state index in [4.69, 9.17) is 5.73 Å². The van der Waals surface area contributed by atoms with Gasteiger partial charge in [0, 0.05) is 49.0 Å². The molecule has 1 aliphatic rings. The molecular weight excluding hydrogens is 336 g/mol. The molecule has 138 valence electrons. The van der Waals surface area contributed by atoms with Gasteiger partial charge in [0.1, 0.15) is 11.6 Å². The minimum atomic E-state index is -0.571. The number of piperazine rings is 1. The summed E-state index contributed by atoms with van der Waals surface area (Å²) in [6.45, 7) is 5.72. The van der Waals surface area contributed by atoms with Crippen molar-refractivity contribution in [1.82, 2.24) is 9.80 Å². The van der Waals surface area contributed by atoms with Crippen molar-refractivity contribution in [2.45, 2.75) is 32.5 Å². The highest BCUT2D eigenvalue weighted by Crippen LogP contribution is 2.21. The van der Waals surface area contributed by atoms with Crippen molar-refractivity contribution in [3.05, 3.63) is 65.2 Å². The van der Waals surface area contributed by atoms with Crippen LogP contribution in [0, 0.1) is 11.6 Å². The van der Waals surface area contributed by atoms with Gasteiger partial charge in [0.25, 0.3) is 5.91 Å². The number of nitrogens with zero attached hydrogens (tertiary/aromatic N) is 2. The number of nitrogens with two attached hydrogens (primary N) is 1. The van der Waals surface area contributed by atoms with E-state index in [1.807, 2.05) is 18.7 Å². The zero-order valence-electron chi connectivity index (χ0n) is 15.0. The normalized spacial score (nSPS) is 21.0. The topological polar surface area (TPSA) is 49.6 Å². The first kappa shape index (κ1) is 18.3. The summed E-state index contributed by atoms with van der Waals surface area (Å²) in [5, 5.41) is 0. The molecule has 1 aliphatic heterocycles. The molecule has 2 atom stereocenters. The van der Waals surface area contributed by atoms with E-state index in [1.54, 1.807) is 24.3 Å². The lowest BCUT2D eigenvalue weighted by molar-refractivity contribution is 0.0268. The van der Waals surface area contributed by atoms with Crippen LogP contribution < -0.4 is 5.73 Å². The van der Waals surface area contributed by atoms with E-state index in [0.29, 0.717) is 36.4 Å². The third-order valence-electron chi connectivity index (χ3n) is 4.72. The fraction of sp³-hybridized carbons (Fsp3) is 0.350. The maximum absolute atomic E-state index is 13.4. The Morgan fingerprint density at radius 2 is 1.58 bits per heavy atom. The van der Waals surface area contributed by atoms with Crippen molar-refractivity contribution in [2.24, 2.45) is 0 Å². The number of benzene rings is 2. The third kappa shape index (κ3) is 4.02. The second-order valence-electron chi connectivity index (χ2n) is 7.00. The van der Waals surface area contributed by atoms with Gasteiger partial charge in [-0.05, 0) is 55.8 Å². The van der Waals surface area contributed by atoms with E-state index in [0.717, 1.165) is 6.07 Å². The molecule has 1 amide bonds. The molecule has 0 saturated carbocycles. The number of carbonyl (C=O) groups is 1. The van der Waals surface area contributed by atoms with Gasteiger partial charge in [-0.3, -0.25) is 9.69 Å². The van der Waals surface area contributed by atoms with Crippen LogP contribution in [0.15, 0.2) is 42.5 Å². The molecule has 0 aliphatic carbocycles. The number of hydrogen-bond acceptors (Lipinski definition) is 3. The van der Waals surface area contributed by atoms with Crippen LogP contribution in [0.1, 0.15) is 29.8 Å². The molecule has 2 aromatic rings. The van der Waals surface area contributed by atoms with Gasteiger partial charge in [0.05, 0.1) is 0 Å². The quantitative estimate of drug-likeness (QED) is 0.856. The Labute approximate surface area is 152 Å². The predicted molar refractivity (Wildman–Crippen MR) is 97.6 cm³/mol. The Morgan fingerprint density at radius 1 is 1.04 bits per heavy atom. The van der Waals surface area contributed by atoms with Gasteiger partial charge in [0.2, 0.25) is 0 Å². The van der Waals surface area contributed by atoms with Gasteiger partial charge in [-0.25, -0.2) is 8.78 Å². The van der Waals surface area contributed by atoms with Crippen LogP contribution in [-0.4, -0.2) is 40.9 Å². The van der Waals surface area contributed by atoms with Crippen LogP contribution in [0.3, 0.4) is 0 Å². The number of halogens is 2. The number of anilines is 1. The minimum Gasteiger partial charge on any atom is -0.399 e. The largest absolute Gasteiger partial charge is 0.399 e. The van der Waals surface area contributed by atoms with Crippen LogP contribution in [0.2, 0.25) is 0 Å². The monoisotopic (exact) mass is 359 g/mol. The predicted octanol–water partition coefficient (Wildman–Crippen LogP) is 3.28. The van der Waals surface area contributed by atoms with Crippen LogP contribution in [0.5, 0.6) is 0 Å². The average Bonchev–Trinajstić information content (AvgIpc) is 2.53. The van der Waals surface area contributed by atoms with Crippen molar-refractivity contribution in [3.63, 3.8) is 0 Å². The Kier molecular flexibility index (Phi) is 5.23. The molecule has 0 spiro atoms. The number of rotatable bonds is 3. The van der Waals surface area contributed by atoms with Crippen LogP contribution in [0.25, 0.3) is 0 Å². The van der Waals surface area contributed by atoms with Gasteiger partial charge in [0.15, 0.2) is 0 Å². The summed E-state index contributed by atoms with van der Waals surface area (Å²) in [4.78, 5) is 16.8. The van der Waals surface area contributed by atoms with Crippen molar-refractivity contribution < 1.29 is 13.6 Å². The Morgan fingerprint density at radius 3 is 2.12 bits per heavy atom. The smallest absolute Gasteiger partial charge is 0.254 e. The molecule has 6 heteroatoms. The van der Waals surface area contributed by atoms with Crippen LogP contribution in [0.4, 0.5) is 14.5 Å². The highest BCUT2D eigenvalue weighted by Gasteiger charge is 2.33. The lowest BCUT2D eigenvalue weighted by atomic mass is 10.0. The van der Waals surface area contributed by atoms with E-state index in [9.17, 15) is 13.6 Å². The van der Waals surface area contributed by atoms with Crippen molar-refractivity contribution >= 4 is 11.6 Å². The van der Waals surface area contributed by atoms with Crippen molar-refractivity contribution in [1.29, 1.82) is 0 Å². The molecule has 26 heavy (non-hydrogen) atoms. The number of nitrogen functional groups attached to an aromatic ring is 1. The van der Waals surface area contributed by atoms with E-state index in [2.05, 4.69) is 4.90 Å². The zero-order valence-corrected chi connectivity index (χ0v) is 15.0. The summed E-state index contributed by atoms with van der Waals surface area (Å²) in [5.41, 5.74) is 7.52. The average molecular weight is 359 g/mol. The molecule has 4 nitrogen and oxygen atoms in total. The first-order chi connectivity index (χ1) is 12.3. The van der Waals surface area contributed by atoms with Gasteiger partial charge >= 0.3 is 0 Å². The molecule has 1 saturated heterocycles. The molecule has 0 bridgehead atoms. The highest BCUT2D eigenvalue weighted by atomic mass is 19.1. The second kappa shape index (κ2) is 7.41. The summed E-state index contributed by atoms with van der Waals surface area (Å²) in [5.74, 6) is -1.17. The van der Waals surface area contributed by atoms with Crippen LogP contribution >= 0.6 is 0 Å². The van der Waals surface area contributed by atoms with E-state index < -0.39 is 11.6 Å². The van der Waals surface area contributed by atoms with Crippen molar-refractivity contribution in [3.8, 4) is 0 Å². The number of carbonyl (C=O) groups excluding carboxylic acids is 1. The summed E-state index contributed by atoms with van der Waals surface area (Å²) in [6, 6.07) is 10.5. The third-order valence-corrected chi connectivity index (χ3v) is 4.72. The molecule has 2 unspecified atom stereocenters. The van der Waals surface area contributed by atoms with Crippen molar-refractivity contribution in [2.75, 3.05) is 18.8 Å². The number of hydrogen-bond donors (Lipinski definition) is 1. The lowest BCUT2D eigenvalue weighted by Crippen LogP contribution is -2.58.